The van der Waals surface area contributed by atoms with Crippen LogP contribution >= 0.6 is 0 Å². The summed E-state index contributed by atoms with van der Waals surface area (Å²) in [5.41, 5.74) is 1.70. The molecular formula is C29H33N3O5. The van der Waals surface area contributed by atoms with Gasteiger partial charge in [-0.2, -0.15) is 0 Å². The van der Waals surface area contributed by atoms with E-state index in [4.69, 9.17) is 9.47 Å². The highest BCUT2D eigenvalue weighted by molar-refractivity contribution is 5.91. The molecule has 2 aromatic carbocycles. The van der Waals surface area contributed by atoms with E-state index in [2.05, 4.69) is 19.9 Å². The average molecular weight is 504 g/mol. The zero-order valence-electron chi connectivity index (χ0n) is 21.3. The number of amides is 1. The molecule has 1 aliphatic rings. The summed E-state index contributed by atoms with van der Waals surface area (Å²) >= 11 is 0. The second-order valence-electron chi connectivity index (χ2n) is 8.88. The van der Waals surface area contributed by atoms with Crippen molar-refractivity contribution in [2.45, 2.75) is 38.7 Å². The number of para-hydroxylation sites is 2. The highest BCUT2D eigenvalue weighted by Gasteiger charge is 2.23. The maximum atomic E-state index is 12.6. The summed E-state index contributed by atoms with van der Waals surface area (Å²) in [6.45, 7) is 4.11. The number of anilines is 2. The first-order valence-electron chi connectivity index (χ1n) is 12.6. The molecule has 1 fully saturated rings. The Kier molecular flexibility index (Phi) is 8.97. The summed E-state index contributed by atoms with van der Waals surface area (Å²) in [7, 11) is 1.37. The number of pyridine rings is 1. The lowest BCUT2D eigenvalue weighted by Gasteiger charge is -2.34. The summed E-state index contributed by atoms with van der Waals surface area (Å²) in [5.74, 6) is 2.37. The lowest BCUT2D eigenvalue weighted by molar-refractivity contribution is -0.139. The molecule has 8 heteroatoms. The highest BCUT2D eigenvalue weighted by Crippen LogP contribution is 2.30. The first-order valence-corrected chi connectivity index (χ1v) is 12.6. The van der Waals surface area contributed by atoms with Crippen molar-refractivity contribution in [3.8, 4) is 11.5 Å². The highest BCUT2D eigenvalue weighted by atomic mass is 16.5. The van der Waals surface area contributed by atoms with E-state index in [-0.39, 0.29) is 30.8 Å². The van der Waals surface area contributed by atoms with Crippen LogP contribution in [0.4, 0.5) is 11.6 Å². The number of carbonyl (C=O) groups is 2. The molecule has 8 nitrogen and oxygen atoms in total. The van der Waals surface area contributed by atoms with Gasteiger partial charge in [0.15, 0.2) is 11.5 Å². The maximum Gasteiger partial charge on any atom is 0.309 e. The number of ether oxygens (including phenoxy) is 3. The Hall–Kier alpha value is -4.07. The molecule has 0 bridgehead atoms. The number of nitrogens with zero attached hydrogens (tertiary/aromatic N) is 2. The van der Waals surface area contributed by atoms with Crippen molar-refractivity contribution in [2.24, 2.45) is 0 Å². The molecule has 0 saturated carbocycles. The molecule has 1 N–H and O–H groups in total. The number of carbonyl (C=O) groups excluding carboxylic acids is 2. The van der Waals surface area contributed by atoms with Crippen LogP contribution in [0.5, 0.6) is 11.5 Å². The van der Waals surface area contributed by atoms with Gasteiger partial charge in [0.25, 0.3) is 0 Å². The van der Waals surface area contributed by atoms with Gasteiger partial charge in [0.05, 0.1) is 33.1 Å². The SMILES string of the molecule is CCOc1ccccc1O[C@@H]1CCCN(c2cccc(NC(=O)Cc3ccc(CC(=O)OC)cc3)n2)C1. The molecule has 0 unspecified atom stereocenters. The molecule has 4 rings (SSSR count). The fraction of sp³-hybridized carbons (Fsp3) is 0.345. The van der Waals surface area contributed by atoms with E-state index >= 15 is 0 Å². The van der Waals surface area contributed by atoms with E-state index in [9.17, 15) is 9.59 Å². The molecule has 194 valence electrons. The molecule has 1 atom stereocenters. The summed E-state index contributed by atoms with van der Waals surface area (Å²) in [6.07, 6.45) is 2.36. The summed E-state index contributed by atoms with van der Waals surface area (Å²) in [4.78, 5) is 30.9. The van der Waals surface area contributed by atoms with Crippen molar-refractivity contribution in [2.75, 3.05) is 37.0 Å². The minimum Gasteiger partial charge on any atom is -0.490 e. The molecule has 1 saturated heterocycles. The zero-order valence-corrected chi connectivity index (χ0v) is 21.3. The van der Waals surface area contributed by atoms with Crippen LogP contribution < -0.4 is 19.7 Å². The van der Waals surface area contributed by atoms with Crippen LogP contribution in [0.2, 0.25) is 0 Å². The minimum absolute atomic E-state index is 0.0116. The van der Waals surface area contributed by atoms with Gasteiger partial charge in [-0.3, -0.25) is 9.59 Å². The Morgan fingerprint density at radius 1 is 0.973 bits per heavy atom. The number of nitrogens with one attached hydrogen (secondary N) is 1. The standard InChI is InChI=1S/C29H33N3O5/c1-3-36-24-9-4-5-10-25(24)37-23-8-7-17-32(20-23)27-12-6-11-26(30-27)31-28(33)18-21-13-15-22(16-14-21)19-29(34)35-2/h4-6,9-16,23H,3,7-8,17-20H2,1-2H3,(H,30,31,33)/t23-/m1/s1. The Labute approximate surface area is 217 Å². The average Bonchev–Trinajstić information content (AvgIpc) is 2.91. The van der Waals surface area contributed by atoms with Crippen molar-refractivity contribution in [1.29, 1.82) is 0 Å². The van der Waals surface area contributed by atoms with Gasteiger partial charge in [0.1, 0.15) is 17.7 Å². The minimum atomic E-state index is -0.293. The molecule has 1 aliphatic heterocycles. The van der Waals surface area contributed by atoms with Crippen LogP contribution in [-0.2, 0) is 27.2 Å². The van der Waals surface area contributed by atoms with E-state index in [1.807, 2.05) is 67.6 Å². The van der Waals surface area contributed by atoms with Crippen LogP contribution in [0.15, 0.2) is 66.7 Å². The Bertz CT molecular complexity index is 1200. The van der Waals surface area contributed by atoms with Gasteiger partial charge in [0.2, 0.25) is 5.91 Å². The maximum absolute atomic E-state index is 12.6. The molecule has 1 aromatic heterocycles. The van der Waals surface area contributed by atoms with E-state index in [0.29, 0.717) is 19.0 Å². The lowest BCUT2D eigenvalue weighted by Crippen LogP contribution is -2.41. The molecular weight excluding hydrogens is 470 g/mol. The summed E-state index contributed by atoms with van der Waals surface area (Å²) in [5, 5.41) is 2.90. The third-order valence-electron chi connectivity index (χ3n) is 6.11. The van der Waals surface area contributed by atoms with Crippen molar-refractivity contribution in [3.63, 3.8) is 0 Å². The van der Waals surface area contributed by atoms with E-state index in [1.54, 1.807) is 6.07 Å². The monoisotopic (exact) mass is 503 g/mol. The number of rotatable bonds is 10. The smallest absolute Gasteiger partial charge is 0.309 e. The van der Waals surface area contributed by atoms with Crippen LogP contribution in [-0.4, -0.2) is 49.8 Å². The van der Waals surface area contributed by atoms with E-state index < -0.39 is 0 Å². The summed E-state index contributed by atoms with van der Waals surface area (Å²) < 4.78 is 16.7. The summed E-state index contributed by atoms with van der Waals surface area (Å²) in [6, 6.07) is 20.7. The van der Waals surface area contributed by atoms with Crippen LogP contribution in [0.1, 0.15) is 30.9 Å². The second-order valence-corrected chi connectivity index (χ2v) is 8.88. The van der Waals surface area contributed by atoms with Gasteiger partial charge in [-0.05, 0) is 55.2 Å². The van der Waals surface area contributed by atoms with Gasteiger partial charge in [-0.25, -0.2) is 4.98 Å². The van der Waals surface area contributed by atoms with E-state index in [0.717, 1.165) is 47.8 Å². The fourth-order valence-electron chi connectivity index (χ4n) is 4.30. The molecule has 0 aliphatic carbocycles. The molecule has 37 heavy (non-hydrogen) atoms. The fourth-order valence-corrected chi connectivity index (χ4v) is 4.30. The third-order valence-corrected chi connectivity index (χ3v) is 6.11. The number of benzene rings is 2. The second kappa shape index (κ2) is 12.8. The number of hydrogen-bond acceptors (Lipinski definition) is 7. The first kappa shape index (κ1) is 26.0. The molecule has 0 radical (unpaired) electrons. The quantitative estimate of drug-likeness (QED) is 0.410. The predicted octanol–water partition coefficient (Wildman–Crippen LogP) is 4.42. The Morgan fingerprint density at radius 2 is 1.70 bits per heavy atom. The normalized spacial score (nSPS) is 15.1. The largest absolute Gasteiger partial charge is 0.490 e. The molecule has 0 spiro atoms. The van der Waals surface area contributed by atoms with Gasteiger partial charge >= 0.3 is 5.97 Å². The lowest BCUT2D eigenvalue weighted by atomic mass is 10.1. The number of esters is 1. The van der Waals surface area contributed by atoms with Gasteiger partial charge in [-0.15, -0.1) is 0 Å². The molecule has 2 heterocycles. The molecule has 3 aromatic rings. The number of piperidine rings is 1. The van der Waals surface area contributed by atoms with Gasteiger partial charge in [-0.1, -0.05) is 42.5 Å². The number of methoxy groups -OCH3 is 1. The number of hydrogen-bond donors (Lipinski definition) is 1. The zero-order chi connectivity index (χ0) is 26.0. The van der Waals surface area contributed by atoms with Crippen molar-refractivity contribution < 1.29 is 23.8 Å². The Balaban J connectivity index is 1.34. The van der Waals surface area contributed by atoms with Crippen LogP contribution in [0, 0.1) is 0 Å². The molecule has 1 amide bonds. The van der Waals surface area contributed by atoms with Crippen molar-refractivity contribution in [3.05, 3.63) is 77.9 Å². The topological polar surface area (TPSA) is 90.0 Å². The van der Waals surface area contributed by atoms with Gasteiger partial charge in [0, 0.05) is 6.54 Å². The van der Waals surface area contributed by atoms with Crippen LogP contribution in [0.3, 0.4) is 0 Å². The first-order chi connectivity index (χ1) is 18.0. The predicted molar refractivity (Wildman–Crippen MR) is 142 cm³/mol. The third kappa shape index (κ3) is 7.46. The van der Waals surface area contributed by atoms with Crippen molar-refractivity contribution >= 4 is 23.5 Å². The van der Waals surface area contributed by atoms with E-state index in [1.165, 1.54) is 7.11 Å². The number of aromatic nitrogens is 1. The Morgan fingerprint density at radius 3 is 2.43 bits per heavy atom. The van der Waals surface area contributed by atoms with Crippen molar-refractivity contribution in [1.82, 2.24) is 4.98 Å². The van der Waals surface area contributed by atoms with Crippen LogP contribution in [0.25, 0.3) is 0 Å². The van der Waals surface area contributed by atoms with Gasteiger partial charge < -0.3 is 24.4 Å².